The molecule has 2 heterocycles. The summed E-state index contributed by atoms with van der Waals surface area (Å²) in [6, 6.07) is 16.7. The number of fused-ring (bicyclic) bond motifs is 1. The molecule has 3 aromatic rings. The van der Waals surface area contributed by atoms with E-state index in [1.165, 1.54) is 5.69 Å². The first-order valence-corrected chi connectivity index (χ1v) is 10.6. The van der Waals surface area contributed by atoms with Gasteiger partial charge in [0.2, 0.25) is 0 Å². The SMILES string of the molecule is CN1CCN=C(/C=C/c2cnccc2-c2cccc(Br)c2)c2ccc(Br)cc21.Cl.Cl. The van der Waals surface area contributed by atoms with E-state index >= 15 is 0 Å². The van der Waals surface area contributed by atoms with Crippen molar-refractivity contribution < 1.29 is 0 Å². The summed E-state index contributed by atoms with van der Waals surface area (Å²) in [5.41, 5.74) is 6.70. The number of nitrogens with zero attached hydrogens (tertiary/aromatic N) is 3. The molecular weight excluding hydrogens is 549 g/mol. The summed E-state index contributed by atoms with van der Waals surface area (Å²) in [6.45, 7) is 1.67. The molecular formula is C23H21Br2Cl2N3. The number of hydrogen-bond acceptors (Lipinski definition) is 3. The van der Waals surface area contributed by atoms with Crippen molar-refractivity contribution in [3.8, 4) is 11.1 Å². The first-order valence-electron chi connectivity index (χ1n) is 9.05. The van der Waals surface area contributed by atoms with Gasteiger partial charge in [-0.1, -0.05) is 50.1 Å². The summed E-state index contributed by atoms with van der Waals surface area (Å²) in [4.78, 5) is 11.4. The Kier molecular flexibility index (Phi) is 9.10. The van der Waals surface area contributed by atoms with Crippen molar-refractivity contribution in [3.05, 3.63) is 87.1 Å². The lowest BCUT2D eigenvalue weighted by Gasteiger charge is -2.19. The van der Waals surface area contributed by atoms with Crippen LogP contribution >= 0.6 is 56.7 Å². The molecule has 4 rings (SSSR count). The van der Waals surface area contributed by atoms with E-state index in [2.05, 4.69) is 97.3 Å². The minimum Gasteiger partial charge on any atom is -0.372 e. The Hall–Kier alpha value is -1.66. The van der Waals surface area contributed by atoms with Gasteiger partial charge in [-0.15, -0.1) is 24.8 Å². The predicted molar refractivity (Wildman–Crippen MR) is 140 cm³/mol. The largest absolute Gasteiger partial charge is 0.372 e. The molecule has 1 aliphatic heterocycles. The van der Waals surface area contributed by atoms with Crippen molar-refractivity contribution in [2.24, 2.45) is 4.99 Å². The topological polar surface area (TPSA) is 28.5 Å². The second kappa shape index (κ2) is 11.1. The molecule has 30 heavy (non-hydrogen) atoms. The van der Waals surface area contributed by atoms with Crippen LogP contribution in [0.25, 0.3) is 17.2 Å². The molecule has 0 amide bonds. The fourth-order valence-corrected chi connectivity index (χ4v) is 4.08. The lowest BCUT2D eigenvalue weighted by Crippen LogP contribution is -2.20. The number of likely N-dealkylation sites (N-methyl/N-ethyl adjacent to an activating group) is 1. The van der Waals surface area contributed by atoms with Crippen LogP contribution in [-0.2, 0) is 0 Å². The highest BCUT2D eigenvalue weighted by Crippen LogP contribution is 2.29. The van der Waals surface area contributed by atoms with Gasteiger partial charge < -0.3 is 4.90 Å². The van der Waals surface area contributed by atoms with E-state index in [-0.39, 0.29) is 24.8 Å². The summed E-state index contributed by atoms with van der Waals surface area (Å²) in [7, 11) is 2.11. The number of aromatic nitrogens is 1. The molecule has 0 radical (unpaired) electrons. The van der Waals surface area contributed by atoms with Gasteiger partial charge in [-0.2, -0.15) is 0 Å². The van der Waals surface area contributed by atoms with E-state index < -0.39 is 0 Å². The number of rotatable bonds is 3. The Bertz CT molecular complexity index is 1080. The van der Waals surface area contributed by atoms with Crippen LogP contribution in [-0.4, -0.2) is 30.8 Å². The molecule has 0 fully saturated rings. The highest BCUT2D eigenvalue weighted by atomic mass is 79.9. The van der Waals surface area contributed by atoms with Crippen molar-refractivity contribution in [1.82, 2.24) is 4.98 Å². The zero-order chi connectivity index (χ0) is 19.5. The number of pyridine rings is 1. The summed E-state index contributed by atoms with van der Waals surface area (Å²) in [5, 5.41) is 0. The lowest BCUT2D eigenvalue weighted by atomic mass is 10.0. The Balaban J connectivity index is 0.00000160. The van der Waals surface area contributed by atoms with Gasteiger partial charge in [-0.3, -0.25) is 9.98 Å². The molecule has 0 saturated carbocycles. The van der Waals surface area contributed by atoms with Crippen molar-refractivity contribution >= 4 is 74.1 Å². The van der Waals surface area contributed by atoms with Crippen LogP contribution in [0.2, 0.25) is 0 Å². The number of benzodiazepines with no additional fused rings is 1. The van der Waals surface area contributed by atoms with E-state index in [1.54, 1.807) is 0 Å². The minimum atomic E-state index is 0. The zero-order valence-electron chi connectivity index (χ0n) is 16.3. The Labute approximate surface area is 206 Å². The van der Waals surface area contributed by atoms with E-state index in [0.717, 1.165) is 50.0 Å². The van der Waals surface area contributed by atoms with Gasteiger partial charge in [0.15, 0.2) is 0 Å². The maximum absolute atomic E-state index is 4.82. The molecule has 7 heteroatoms. The molecule has 0 unspecified atom stereocenters. The average Bonchev–Trinajstić information content (AvgIpc) is 2.85. The van der Waals surface area contributed by atoms with Gasteiger partial charge >= 0.3 is 0 Å². The van der Waals surface area contributed by atoms with E-state index in [1.807, 2.05) is 24.5 Å². The first kappa shape index (κ1) is 24.6. The molecule has 2 aromatic carbocycles. The molecule has 0 aliphatic carbocycles. The minimum absolute atomic E-state index is 0. The van der Waals surface area contributed by atoms with Crippen molar-refractivity contribution in [1.29, 1.82) is 0 Å². The number of benzene rings is 2. The summed E-state index contributed by atoms with van der Waals surface area (Å²) in [6.07, 6.45) is 7.95. The van der Waals surface area contributed by atoms with Gasteiger partial charge in [-0.25, -0.2) is 0 Å². The number of halogens is 4. The van der Waals surface area contributed by atoms with E-state index in [0.29, 0.717) is 0 Å². The second-order valence-electron chi connectivity index (χ2n) is 6.66. The fraction of sp³-hybridized carbons (Fsp3) is 0.130. The van der Waals surface area contributed by atoms with Crippen molar-refractivity contribution in [2.45, 2.75) is 0 Å². The third-order valence-electron chi connectivity index (χ3n) is 4.77. The Morgan fingerprint density at radius 2 is 1.73 bits per heavy atom. The van der Waals surface area contributed by atoms with Crippen LogP contribution in [0.4, 0.5) is 5.69 Å². The maximum Gasteiger partial charge on any atom is 0.0668 e. The molecule has 1 aliphatic rings. The third kappa shape index (κ3) is 5.52. The Morgan fingerprint density at radius 1 is 0.933 bits per heavy atom. The average molecular weight is 570 g/mol. The summed E-state index contributed by atoms with van der Waals surface area (Å²) < 4.78 is 2.14. The van der Waals surface area contributed by atoms with Crippen LogP contribution < -0.4 is 4.90 Å². The van der Waals surface area contributed by atoms with Crippen molar-refractivity contribution in [2.75, 3.05) is 25.0 Å². The summed E-state index contributed by atoms with van der Waals surface area (Å²) >= 11 is 7.15. The third-order valence-corrected chi connectivity index (χ3v) is 5.76. The van der Waals surface area contributed by atoms with Gasteiger partial charge in [-0.05, 0) is 53.6 Å². The van der Waals surface area contributed by atoms with Gasteiger partial charge in [0, 0.05) is 51.7 Å². The molecule has 0 N–H and O–H groups in total. The van der Waals surface area contributed by atoms with Crippen molar-refractivity contribution in [3.63, 3.8) is 0 Å². The monoisotopic (exact) mass is 567 g/mol. The Morgan fingerprint density at radius 3 is 2.53 bits per heavy atom. The van der Waals surface area contributed by atoms with Gasteiger partial charge in [0.05, 0.1) is 12.3 Å². The number of hydrogen-bond donors (Lipinski definition) is 0. The van der Waals surface area contributed by atoms with Crippen LogP contribution in [0, 0.1) is 0 Å². The van der Waals surface area contributed by atoms with E-state index in [9.17, 15) is 0 Å². The molecule has 3 nitrogen and oxygen atoms in total. The summed E-state index contributed by atoms with van der Waals surface area (Å²) in [5.74, 6) is 0. The molecule has 0 bridgehead atoms. The first-order chi connectivity index (χ1) is 13.6. The molecule has 0 atom stereocenters. The normalized spacial score (nSPS) is 13.0. The van der Waals surface area contributed by atoms with Crippen LogP contribution in [0.15, 0.2) is 80.9 Å². The van der Waals surface area contributed by atoms with Gasteiger partial charge in [0.25, 0.3) is 0 Å². The maximum atomic E-state index is 4.82. The zero-order valence-corrected chi connectivity index (χ0v) is 21.1. The predicted octanol–water partition coefficient (Wildman–Crippen LogP) is 7.07. The standard InChI is InChI=1S/C23H19Br2N3.2ClH/c1-28-12-11-27-22(21-7-6-19(25)14-23(21)28)8-5-17-15-26-10-9-20(17)16-3-2-4-18(24)13-16;;/h2-10,13-15H,11-12H2,1H3;2*1H/b8-5+;;. The molecule has 0 spiro atoms. The highest BCUT2D eigenvalue weighted by molar-refractivity contribution is 9.10. The number of aliphatic imine (C=N–C) groups is 1. The smallest absolute Gasteiger partial charge is 0.0668 e. The lowest BCUT2D eigenvalue weighted by molar-refractivity contribution is 0.896. The van der Waals surface area contributed by atoms with Crippen LogP contribution in [0.1, 0.15) is 11.1 Å². The number of anilines is 1. The molecule has 156 valence electrons. The van der Waals surface area contributed by atoms with Crippen LogP contribution in [0.3, 0.4) is 0 Å². The second-order valence-corrected chi connectivity index (χ2v) is 8.49. The molecule has 0 saturated heterocycles. The quantitative estimate of drug-likeness (QED) is 0.337. The van der Waals surface area contributed by atoms with Crippen LogP contribution in [0.5, 0.6) is 0 Å². The van der Waals surface area contributed by atoms with E-state index in [4.69, 9.17) is 4.99 Å². The van der Waals surface area contributed by atoms with Gasteiger partial charge in [0.1, 0.15) is 0 Å². The molecule has 1 aromatic heterocycles. The fourth-order valence-electron chi connectivity index (χ4n) is 3.33. The number of allylic oxidation sites excluding steroid dienone is 1. The highest BCUT2D eigenvalue weighted by Gasteiger charge is 2.15.